The Hall–Kier alpha value is 0.1000. The van der Waals surface area contributed by atoms with Crippen LogP contribution in [-0.4, -0.2) is 25.3 Å². The topological polar surface area (TPSA) is 21.3 Å². The Labute approximate surface area is 130 Å². The second kappa shape index (κ2) is 7.77. The summed E-state index contributed by atoms with van der Waals surface area (Å²) in [5.74, 6) is 0. The molecule has 0 aliphatic heterocycles. The van der Waals surface area contributed by atoms with E-state index < -0.39 is 0 Å². The summed E-state index contributed by atoms with van der Waals surface area (Å²) in [7, 11) is 0. The lowest BCUT2D eigenvalue weighted by Crippen LogP contribution is -2.49. The maximum atomic E-state index is 6.03. The molecular formula is C15H26BrNOS. The van der Waals surface area contributed by atoms with Gasteiger partial charge in [0.1, 0.15) is 0 Å². The van der Waals surface area contributed by atoms with Crippen LogP contribution in [0.5, 0.6) is 0 Å². The summed E-state index contributed by atoms with van der Waals surface area (Å²) in [6.45, 7) is 12.7. The quantitative estimate of drug-likeness (QED) is 0.784. The van der Waals surface area contributed by atoms with Crippen molar-refractivity contribution in [2.24, 2.45) is 5.41 Å². The van der Waals surface area contributed by atoms with Crippen LogP contribution in [0.4, 0.5) is 0 Å². The lowest BCUT2D eigenvalue weighted by Gasteiger charge is -2.37. The highest BCUT2D eigenvalue weighted by atomic mass is 79.9. The Morgan fingerprint density at radius 2 is 2.00 bits per heavy atom. The molecule has 2 atom stereocenters. The third kappa shape index (κ3) is 5.54. The number of rotatable bonds is 7. The Balaban J connectivity index is 2.83. The second-order valence-corrected chi connectivity index (χ2v) is 8.36. The van der Waals surface area contributed by atoms with Crippen LogP contribution >= 0.6 is 27.3 Å². The van der Waals surface area contributed by atoms with Crippen LogP contribution in [0.1, 0.15) is 39.5 Å². The van der Waals surface area contributed by atoms with Crippen molar-refractivity contribution in [3.05, 3.63) is 20.8 Å². The van der Waals surface area contributed by atoms with Crippen molar-refractivity contribution in [1.29, 1.82) is 0 Å². The van der Waals surface area contributed by atoms with Gasteiger partial charge in [-0.05, 0) is 53.4 Å². The van der Waals surface area contributed by atoms with Crippen LogP contribution in [0, 0.1) is 5.41 Å². The zero-order valence-corrected chi connectivity index (χ0v) is 15.0. The number of likely N-dealkylation sites (N-methyl/N-ethyl adjacent to an activating group) is 1. The van der Waals surface area contributed by atoms with Gasteiger partial charge in [0.15, 0.2) is 0 Å². The van der Waals surface area contributed by atoms with Gasteiger partial charge in [0.05, 0.1) is 9.89 Å². The fourth-order valence-corrected chi connectivity index (χ4v) is 3.92. The highest BCUT2D eigenvalue weighted by Gasteiger charge is 2.32. The molecule has 0 saturated heterocycles. The molecule has 2 nitrogen and oxygen atoms in total. The van der Waals surface area contributed by atoms with Gasteiger partial charge in [-0.1, -0.05) is 27.7 Å². The molecule has 0 radical (unpaired) electrons. The largest absolute Gasteiger partial charge is 0.376 e. The summed E-state index contributed by atoms with van der Waals surface area (Å²) in [5, 5.41) is 3.60. The van der Waals surface area contributed by atoms with Crippen molar-refractivity contribution >= 4 is 27.3 Å². The number of ether oxygens (including phenoxy) is 1. The maximum Gasteiger partial charge on any atom is 0.0779 e. The number of nitrogens with one attached hydrogen (secondary N) is 1. The van der Waals surface area contributed by atoms with Crippen molar-refractivity contribution in [3.63, 3.8) is 0 Å². The number of thiophene rings is 1. The van der Waals surface area contributed by atoms with Crippen molar-refractivity contribution in [2.75, 3.05) is 13.2 Å². The Kier molecular flexibility index (Phi) is 7.01. The van der Waals surface area contributed by atoms with E-state index in [0.29, 0.717) is 6.04 Å². The lowest BCUT2D eigenvalue weighted by molar-refractivity contribution is -0.0350. The van der Waals surface area contributed by atoms with Crippen LogP contribution in [0.15, 0.2) is 15.9 Å². The molecule has 1 rings (SSSR count). The van der Waals surface area contributed by atoms with Crippen LogP contribution in [0.3, 0.4) is 0 Å². The average molecular weight is 348 g/mol. The summed E-state index contributed by atoms with van der Waals surface area (Å²) in [5.41, 5.74) is 0.136. The summed E-state index contributed by atoms with van der Waals surface area (Å²) in [4.78, 5) is 1.40. The summed E-state index contributed by atoms with van der Waals surface area (Å²) in [6.07, 6.45) is 1.24. The fourth-order valence-electron chi connectivity index (χ4n) is 2.38. The summed E-state index contributed by atoms with van der Waals surface area (Å²) >= 11 is 5.34. The predicted molar refractivity (Wildman–Crippen MR) is 88.1 cm³/mol. The van der Waals surface area contributed by atoms with Crippen LogP contribution in [-0.2, 0) is 11.2 Å². The molecule has 110 valence electrons. The first-order valence-electron chi connectivity index (χ1n) is 6.97. The second-order valence-electron chi connectivity index (χ2n) is 5.82. The molecule has 1 N–H and O–H groups in total. The molecule has 19 heavy (non-hydrogen) atoms. The molecule has 2 unspecified atom stereocenters. The highest BCUT2D eigenvalue weighted by Crippen LogP contribution is 2.29. The zero-order chi connectivity index (χ0) is 14.5. The van der Waals surface area contributed by atoms with E-state index in [9.17, 15) is 0 Å². The van der Waals surface area contributed by atoms with Gasteiger partial charge in [-0.3, -0.25) is 0 Å². The van der Waals surface area contributed by atoms with Crippen molar-refractivity contribution < 1.29 is 4.74 Å². The summed E-state index contributed by atoms with van der Waals surface area (Å²) < 4.78 is 7.23. The van der Waals surface area contributed by atoms with E-state index in [0.717, 1.165) is 19.6 Å². The van der Waals surface area contributed by atoms with Crippen molar-refractivity contribution in [3.8, 4) is 0 Å². The van der Waals surface area contributed by atoms with Gasteiger partial charge in [-0.2, -0.15) is 0 Å². The van der Waals surface area contributed by atoms with E-state index in [1.807, 2.05) is 11.3 Å². The van der Waals surface area contributed by atoms with E-state index >= 15 is 0 Å². The van der Waals surface area contributed by atoms with E-state index in [1.54, 1.807) is 0 Å². The zero-order valence-electron chi connectivity index (χ0n) is 12.6. The molecule has 0 aliphatic rings. The van der Waals surface area contributed by atoms with Crippen molar-refractivity contribution in [1.82, 2.24) is 5.32 Å². The smallest absolute Gasteiger partial charge is 0.0779 e. The monoisotopic (exact) mass is 347 g/mol. The van der Waals surface area contributed by atoms with Gasteiger partial charge in [0, 0.05) is 17.5 Å². The molecule has 1 heterocycles. The van der Waals surface area contributed by atoms with Gasteiger partial charge in [0.25, 0.3) is 0 Å². The molecule has 0 amide bonds. The fraction of sp³-hybridized carbons (Fsp3) is 0.733. The van der Waals surface area contributed by atoms with Crippen molar-refractivity contribution in [2.45, 2.75) is 53.2 Å². The molecule has 1 aromatic rings. The first-order valence-corrected chi connectivity index (χ1v) is 8.58. The van der Waals surface area contributed by atoms with Gasteiger partial charge in [-0.25, -0.2) is 0 Å². The maximum absolute atomic E-state index is 6.03. The SMILES string of the molecule is CCNC(Cc1ccc(Br)s1)C(OCC)C(C)(C)C. The molecule has 0 spiro atoms. The van der Waals surface area contributed by atoms with E-state index in [4.69, 9.17) is 4.74 Å². The molecule has 0 saturated carbocycles. The van der Waals surface area contributed by atoms with Gasteiger partial charge < -0.3 is 10.1 Å². The molecule has 0 aliphatic carbocycles. The van der Waals surface area contributed by atoms with Gasteiger partial charge in [-0.15, -0.1) is 11.3 Å². The predicted octanol–water partition coefficient (Wildman–Crippen LogP) is 4.48. The number of hydrogen-bond donors (Lipinski definition) is 1. The van der Waals surface area contributed by atoms with Gasteiger partial charge >= 0.3 is 0 Å². The standard InChI is InChI=1S/C15H26BrNOS/c1-6-17-12(10-11-8-9-13(16)19-11)14(18-7-2)15(3,4)5/h8-9,12,14,17H,6-7,10H2,1-5H3. The third-order valence-corrected chi connectivity index (χ3v) is 4.73. The lowest BCUT2D eigenvalue weighted by atomic mass is 9.83. The van der Waals surface area contributed by atoms with Crippen LogP contribution in [0.2, 0.25) is 0 Å². The van der Waals surface area contributed by atoms with Gasteiger partial charge in [0.2, 0.25) is 0 Å². The Morgan fingerprint density at radius 1 is 1.32 bits per heavy atom. The molecule has 4 heteroatoms. The van der Waals surface area contributed by atoms with E-state index in [-0.39, 0.29) is 11.5 Å². The summed E-state index contributed by atoms with van der Waals surface area (Å²) in [6, 6.07) is 4.68. The Bertz CT molecular complexity index is 372. The van der Waals surface area contributed by atoms with E-state index in [1.165, 1.54) is 8.66 Å². The minimum Gasteiger partial charge on any atom is -0.376 e. The first kappa shape index (κ1) is 17.2. The minimum atomic E-state index is 0.136. The molecule has 0 aromatic carbocycles. The van der Waals surface area contributed by atoms with Crippen LogP contribution < -0.4 is 5.32 Å². The molecular weight excluding hydrogens is 322 g/mol. The number of hydrogen-bond acceptors (Lipinski definition) is 3. The first-order chi connectivity index (χ1) is 8.88. The normalized spacial score (nSPS) is 15.5. The average Bonchev–Trinajstić information content (AvgIpc) is 2.70. The van der Waals surface area contributed by atoms with Crippen LogP contribution in [0.25, 0.3) is 0 Å². The number of halogens is 1. The highest BCUT2D eigenvalue weighted by molar-refractivity contribution is 9.11. The molecule has 0 bridgehead atoms. The molecule has 1 aromatic heterocycles. The molecule has 0 fully saturated rings. The third-order valence-electron chi connectivity index (χ3n) is 3.08. The Morgan fingerprint density at radius 3 is 2.42 bits per heavy atom. The minimum absolute atomic E-state index is 0.136. The van der Waals surface area contributed by atoms with E-state index in [2.05, 4.69) is 68.0 Å².